The van der Waals surface area contributed by atoms with Crippen molar-refractivity contribution in [3.8, 4) is 0 Å². The molecule has 7 heteroatoms. The van der Waals surface area contributed by atoms with Gasteiger partial charge in [-0.2, -0.15) is 0 Å². The minimum Gasteiger partial charge on any atom is -0.370 e. The standard InChI is InChI=1S/C24H33N3O3S/c1-4-31(29,30)27-17-15-24(16-18-27,21-11-7-5-8-12-21)23(28)25-19-20(2)26(3)22-13-9-6-10-14-22/h5-14,20H,4,15-19H2,1-3H3,(H,25,28). The van der Waals surface area contributed by atoms with Gasteiger partial charge in [-0.15, -0.1) is 0 Å². The highest BCUT2D eigenvalue weighted by molar-refractivity contribution is 7.89. The third-order valence-electron chi connectivity index (χ3n) is 6.48. The maximum atomic E-state index is 13.5. The van der Waals surface area contributed by atoms with E-state index in [1.54, 1.807) is 6.92 Å². The predicted octanol–water partition coefficient (Wildman–Crippen LogP) is 3.01. The Balaban J connectivity index is 1.74. The largest absolute Gasteiger partial charge is 0.370 e. The van der Waals surface area contributed by atoms with Gasteiger partial charge in [0.1, 0.15) is 0 Å². The number of sulfonamides is 1. The van der Waals surface area contributed by atoms with Crippen LogP contribution in [0.4, 0.5) is 5.69 Å². The molecule has 0 saturated carbocycles. The van der Waals surface area contributed by atoms with E-state index in [1.165, 1.54) is 4.31 Å². The summed E-state index contributed by atoms with van der Waals surface area (Å²) in [6.45, 7) is 4.97. The number of likely N-dealkylation sites (N-methyl/N-ethyl adjacent to an activating group) is 1. The van der Waals surface area contributed by atoms with Gasteiger partial charge in [-0.3, -0.25) is 4.79 Å². The van der Waals surface area contributed by atoms with E-state index in [1.807, 2.05) is 67.7 Å². The van der Waals surface area contributed by atoms with Crippen LogP contribution in [0.2, 0.25) is 0 Å². The number of rotatable bonds is 8. The van der Waals surface area contributed by atoms with Gasteiger partial charge in [-0.1, -0.05) is 48.5 Å². The van der Waals surface area contributed by atoms with Crippen molar-refractivity contribution in [3.63, 3.8) is 0 Å². The molecular weight excluding hydrogens is 410 g/mol. The Morgan fingerprint density at radius 3 is 2.16 bits per heavy atom. The van der Waals surface area contributed by atoms with Gasteiger partial charge in [0, 0.05) is 38.4 Å². The van der Waals surface area contributed by atoms with E-state index < -0.39 is 15.4 Å². The molecule has 168 valence electrons. The zero-order valence-electron chi connectivity index (χ0n) is 18.6. The fourth-order valence-electron chi connectivity index (χ4n) is 4.20. The molecule has 1 N–H and O–H groups in total. The number of benzene rings is 2. The molecule has 1 aliphatic rings. The summed E-state index contributed by atoms with van der Waals surface area (Å²) in [7, 11) is -1.23. The van der Waals surface area contributed by atoms with Crippen molar-refractivity contribution in [1.82, 2.24) is 9.62 Å². The molecule has 0 radical (unpaired) electrons. The molecule has 1 fully saturated rings. The fraction of sp³-hybridized carbons (Fsp3) is 0.458. The molecule has 0 spiro atoms. The molecule has 1 unspecified atom stereocenters. The summed E-state index contributed by atoms with van der Waals surface area (Å²) in [6.07, 6.45) is 0.954. The first kappa shape index (κ1) is 23.3. The van der Waals surface area contributed by atoms with Crippen molar-refractivity contribution in [2.75, 3.05) is 37.3 Å². The Hall–Kier alpha value is -2.38. The zero-order chi connectivity index (χ0) is 22.5. The maximum Gasteiger partial charge on any atom is 0.230 e. The number of carbonyl (C=O) groups is 1. The molecule has 1 heterocycles. The van der Waals surface area contributed by atoms with E-state index in [9.17, 15) is 13.2 Å². The average molecular weight is 444 g/mol. The van der Waals surface area contributed by atoms with Crippen molar-refractivity contribution in [2.24, 2.45) is 0 Å². The lowest BCUT2D eigenvalue weighted by molar-refractivity contribution is -0.128. The third-order valence-corrected chi connectivity index (χ3v) is 8.36. The number of hydrogen-bond acceptors (Lipinski definition) is 4. The summed E-state index contributed by atoms with van der Waals surface area (Å²) in [4.78, 5) is 15.7. The summed E-state index contributed by atoms with van der Waals surface area (Å²) in [6, 6.07) is 19.9. The molecule has 1 amide bonds. The third kappa shape index (κ3) is 5.10. The van der Waals surface area contributed by atoms with E-state index in [-0.39, 0.29) is 17.7 Å². The SMILES string of the molecule is CCS(=O)(=O)N1CCC(C(=O)NCC(C)N(C)c2ccccc2)(c2ccccc2)CC1. The van der Waals surface area contributed by atoms with Crippen LogP contribution in [0.3, 0.4) is 0 Å². The molecule has 1 saturated heterocycles. The topological polar surface area (TPSA) is 69.7 Å². The van der Waals surface area contributed by atoms with Crippen LogP contribution < -0.4 is 10.2 Å². The number of hydrogen-bond donors (Lipinski definition) is 1. The lowest BCUT2D eigenvalue weighted by Crippen LogP contribution is -2.54. The Morgan fingerprint density at radius 2 is 1.61 bits per heavy atom. The van der Waals surface area contributed by atoms with Crippen LogP contribution in [0.25, 0.3) is 0 Å². The molecule has 0 aliphatic carbocycles. The first-order valence-electron chi connectivity index (χ1n) is 10.9. The van der Waals surface area contributed by atoms with E-state index in [0.717, 1.165) is 11.3 Å². The smallest absolute Gasteiger partial charge is 0.230 e. The van der Waals surface area contributed by atoms with Crippen molar-refractivity contribution in [1.29, 1.82) is 0 Å². The van der Waals surface area contributed by atoms with Gasteiger partial charge in [0.25, 0.3) is 0 Å². The lowest BCUT2D eigenvalue weighted by Gasteiger charge is -2.41. The first-order chi connectivity index (χ1) is 14.8. The summed E-state index contributed by atoms with van der Waals surface area (Å²) in [5.74, 6) is 0.0569. The minimum atomic E-state index is -3.25. The van der Waals surface area contributed by atoms with Gasteiger partial charge >= 0.3 is 0 Å². The van der Waals surface area contributed by atoms with Crippen LogP contribution in [0.1, 0.15) is 32.3 Å². The first-order valence-corrected chi connectivity index (χ1v) is 12.5. The summed E-state index contributed by atoms with van der Waals surface area (Å²) < 4.78 is 26.2. The Kier molecular flexibility index (Phi) is 7.38. The molecule has 3 rings (SSSR count). The van der Waals surface area contributed by atoms with Crippen molar-refractivity contribution in [2.45, 2.75) is 38.1 Å². The number of anilines is 1. The normalized spacial score (nSPS) is 17.6. The Morgan fingerprint density at radius 1 is 1.06 bits per heavy atom. The second-order valence-electron chi connectivity index (χ2n) is 8.25. The van der Waals surface area contributed by atoms with E-state index in [4.69, 9.17) is 0 Å². The van der Waals surface area contributed by atoms with Gasteiger partial charge < -0.3 is 10.2 Å². The molecule has 2 aromatic carbocycles. The number of amides is 1. The molecular formula is C24H33N3O3S. The van der Waals surface area contributed by atoms with Crippen molar-refractivity contribution in [3.05, 3.63) is 66.2 Å². The molecule has 31 heavy (non-hydrogen) atoms. The lowest BCUT2D eigenvalue weighted by atomic mass is 9.72. The van der Waals surface area contributed by atoms with Gasteiger partial charge in [0.15, 0.2) is 0 Å². The highest BCUT2D eigenvalue weighted by atomic mass is 32.2. The molecule has 0 aromatic heterocycles. The minimum absolute atomic E-state index is 0.0273. The molecule has 1 aliphatic heterocycles. The Bertz CT molecular complexity index is 956. The van der Waals surface area contributed by atoms with Gasteiger partial charge in [-0.05, 0) is 44.4 Å². The van der Waals surface area contributed by atoms with E-state index in [2.05, 4.69) is 17.1 Å². The predicted molar refractivity (Wildman–Crippen MR) is 126 cm³/mol. The number of nitrogens with zero attached hydrogens (tertiary/aromatic N) is 2. The number of nitrogens with one attached hydrogen (secondary N) is 1. The van der Waals surface area contributed by atoms with Crippen LogP contribution >= 0.6 is 0 Å². The maximum absolute atomic E-state index is 13.5. The van der Waals surface area contributed by atoms with E-state index >= 15 is 0 Å². The van der Waals surface area contributed by atoms with Crippen molar-refractivity contribution < 1.29 is 13.2 Å². The Labute approximate surface area is 186 Å². The van der Waals surface area contributed by atoms with Crippen molar-refractivity contribution >= 4 is 21.6 Å². The highest BCUT2D eigenvalue weighted by Gasteiger charge is 2.44. The highest BCUT2D eigenvalue weighted by Crippen LogP contribution is 2.36. The monoisotopic (exact) mass is 443 g/mol. The zero-order valence-corrected chi connectivity index (χ0v) is 19.4. The van der Waals surface area contributed by atoms with Crippen LogP contribution in [-0.4, -0.2) is 57.1 Å². The second-order valence-corrected chi connectivity index (χ2v) is 10.5. The summed E-state index contributed by atoms with van der Waals surface area (Å²) >= 11 is 0. The molecule has 2 aromatic rings. The summed E-state index contributed by atoms with van der Waals surface area (Å²) in [5.41, 5.74) is 1.33. The van der Waals surface area contributed by atoms with E-state index in [0.29, 0.717) is 32.5 Å². The van der Waals surface area contributed by atoms with Crippen LogP contribution in [0, 0.1) is 0 Å². The number of carbonyl (C=O) groups excluding carboxylic acids is 1. The van der Waals surface area contributed by atoms with Crippen LogP contribution in [-0.2, 0) is 20.2 Å². The second kappa shape index (κ2) is 9.83. The van der Waals surface area contributed by atoms with Crippen LogP contribution in [0.15, 0.2) is 60.7 Å². The molecule has 0 bridgehead atoms. The number of para-hydroxylation sites is 1. The average Bonchev–Trinajstić information content (AvgIpc) is 2.82. The van der Waals surface area contributed by atoms with Gasteiger partial charge in [0.2, 0.25) is 15.9 Å². The van der Waals surface area contributed by atoms with Gasteiger partial charge in [0.05, 0.1) is 11.2 Å². The number of piperidine rings is 1. The fourth-order valence-corrected chi connectivity index (χ4v) is 5.30. The summed E-state index contributed by atoms with van der Waals surface area (Å²) in [5, 5.41) is 3.16. The molecule has 1 atom stereocenters. The van der Waals surface area contributed by atoms with Crippen LogP contribution in [0.5, 0.6) is 0 Å². The quantitative estimate of drug-likeness (QED) is 0.681. The molecule has 6 nitrogen and oxygen atoms in total. The van der Waals surface area contributed by atoms with Gasteiger partial charge in [-0.25, -0.2) is 12.7 Å².